The summed E-state index contributed by atoms with van der Waals surface area (Å²) in [6.45, 7) is 4.44. The van der Waals surface area contributed by atoms with E-state index in [0.29, 0.717) is 6.04 Å². The van der Waals surface area contributed by atoms with Gasteiger partial charge in [0.05, 0.1) is 0 Å². The third-order valence-corrected chi connectivity index (χ3v) is 4.09. The SMILES string of the molecule is Fc1cccc(CCN2CCNC(C3CC3)C2)c1. The minimum atomic E-state index is -0.122. The maximum atomic E-state index is 13.1. The molecule has 1 aromatic carbocycles. The van der Waals surface area contributed by atoms with Gasteiger partial charge in [-0.2, -0.15) is 0 Å². The first-order valence-corrected chi connectivity index (χ1v) is 7.01. The number of hydrogen-bond acceptors (Lipinski definition) is 2. The van der Waals surface area contributed by atoms with Crippen LogP contribution in [-0.2, 0) is 6.42 Å². The first-order chi connectivity index (χ1) is 8.81. The normalized spacial score (nSPS) is 25.3. The number of piperazine rings is 1. The lowest BCUT2D eigenvalue weighted by Crippen LogP contribution is -2.52. The molecule has 1 aromatic rings. The summed E-state index contributed by atoms with van der Waals surface area (Å²) < 4.78 is 13.1. The van der Waals surface area contributed by atoms with Gasteiger partial charge in [0.25, 0.3) is 0 Å². The second kappa shape index (κ2) is 5.37. The van der Waals surface area contributed by atoms with Crippen LogP contribution in [0, 0.1) is 11.7 Å². The maximum Gasteiger partial charge on any atom is 0.123 e. The third-order valence-electron chi connectivity index (χ3n) is 4.09. The van der Waals surface area contributed by atoms with Gasteiger partial charge >= 0.3 is 0 Å². The molecule has 1 heterocycles. The van der Waals surface area contributed by atoms with Gasteiger partial charge in [-0.05, 0) is 42.9 Å². The highest BCUT2D eigenvalue weighted by Gasteiger charge is 2.33. The Morgan fingerprint density at radius 3 is 3.00 bits per heavy atom. The predicted molar refractivity (Wildman–Crippen MR) is 71.1 cm³/mol. The number of nitrogens with one attached hydrogen (secondary N) is 1. The Morgan fingerprint density at radius 2 is 2.22 bits per heavy atom. The van der Waals surface area contributed by atoms with Gasteiger partial charge in [0.15, 0.2) is 0 Å². The van der Waals surface area contributed by atoms with E-state index < -0.39 is 0 Å². The second-order valence-electron chi connectivity index (χ2n) is 5.58. The summed E-state index contributed by atoms with van der Waals surface area (Å²) in [7, 11) is 0. The molecule has 1 saturated heterocycles. The maximum absolute atomic E-state index is 13.1. The molecule has 2 aliphatic rings. The number of hydrogen-bond donors (Lipinski definition) is 1. The summed E-state index contributed by atoms with van der Waals surface area (Å²) in [6.07, 6.45) is 3.75. The van der Waals surface area contributed by atoms with Crippen LogP contribution in [-0.4, -0.2) is 37.1 Å². The highest BCUT2D eigenvalue weighted by atomic mass is 19.1. The zero-order chi connectivity index (χ0) is 12.4. The van der Waals surface area contributed by atoms with Crippen molar-refractivity contribution in [3.8, 4) is 0 Å². The van der Waals surface area contributed by atoms with Crippen molar-refractivity contribution >= 4 is 0 Å². The number of rotatable bonds is 4. The van der Waals surface area contributed by atoms with Crippen LogP contribution in [0.25, 0.3) is 0 Å². The Hall–Kier alpha value is -0.930. The van der Waals surface area contributed by atoms with Crippen molar-refractivity contribution < 1.29 is 4.39 Å². The first-order valence-electron chi connectivity index (χ1n) is 7.01. The largest absolute Gasteiger partial charge is 0.311 e. The molecule has 1 unspecified atom stereocenters. The smallest absolute Gasteiger partial charge is 0.123 e. The minimum Gasteiger partial charge on any atom is -0.311 e. The van der Waals surface area contributed by atoms with Crippen molar-refractivity contribution in [3.05, 3.63) is 35.6 Å². The van der Waals surface area contributed by atoms with Gasteiger partial charge in [-0.15, -0.1) is 0 Å². The summed E-state index contributed by atoms with van der Waals surface area (Å²) in [5.41, 5.74) is 1.11. The van der Waals surface area contributed by atoms with Crippen LogP contribution in [0.4, 0.5) is 4.39 Å². The molecule has 0 aromatic heterocycles. The summed E-state index contributed by atoms with van der Waals surface area (Å²) in [5.74, 6) is 0.797. The fourth-order valence-corrected chi connectivity index (χ4v) is 2.84. The lowest BCUT2D eigenvalue weighted by molar-refractivity contribution is 0.190. The quantitative estimate of drug-likeness (QED) is 0.877. The van der Waals surface area contributed by atoms with Crippen LogP contribution in [0.2, 0.25) is 0 Å². The first kappa shape index (κ1) is 12.1. The summed E-state index contributed by atoms with van der Waals surface area (Å²) in [5, 5.41) is 3.62. The van der Waals surface area contributed by atoms with E-state index in [4.69, 9.17) is 0 Å². The molecule has 1 aliphatic heterocycles. The lowest BCUT2D eigenvalue weighted by Gasteiger charge is -2.33. The van der Waals surface area contributed by atoms with Gasteiger partial charge in [0, 0.05) is 32.2 Å². The van der Waals surface area contributed by atoms with E-state index >= 15 is 0 Å². The van der Waals surface area contributed by atoms with Crippen molar-refractivity contribution in [2.45, 2.75) is 25.3 Å². The Morgan fingerprint density at radius 1 is 1.33 bits per heavy atom. The van der Waals surface area contributed by atoms with Crippen molar-refractivity contribution in [1.82, 2.24) is 10.2 Å². The zero-order valence-corrected chi connectivity index (χ0v) is 10.7. The Labute approximate surface area is 108 Å². The van der Waals surface area contributed by atoms with E-state index in [-0.39, 0.29) is 5.82 Å². The van der Waals surface area contributed by atoms with Gasteiger partial charge in [0.1, 0.15) is 5.82 Å². The van der Waals surface area contributed by atoms with Gasteiger partial charge < -0.3 is 10.2 Å². The molecule has 3 heteroatoms. The number of benzene rings is 1. The molecule has 0 radical (unpaired) electrons. The van der Waals surface area contributed by atoms with Crippen LogP contribution in [0.3, 0.4) is 0 Å². The Kier molecular flexibility index (Phi) is 3.62. The molecule has 0 amide bonds. The molecule has 1 aliphatic carbocycles. The van der Waals surface area contributed by atoms with Crippen molar-refractivity contribution in [1.29, 1.82) is 0 Å². The average Bonchev–Trinajstić information content (AvgIpc) is 3.21. The molecule has 0 spiro atoms. The Balaban J connectivity index is 1.50. The molecule has 3 rings (SSSR count). The van der Waals surface area contributed by atoms with E-state index in [9.17, 15) is 4.39 Å². The molecule has 2 nitrogen and oxygen atoms in total. The minimum absolute atomic E-state index is 0.122. The standard InChI is InChI=1S/C15H21FN2/c16-14-3-1-2-12(10-14)6-8-18-9-7-17-15(11-18)13-4-5-13/h1-3,10,13,15,17H,4-9,11H2. The molecule has 2 fully saturated rings. The molecule has 1 N–H and O–H groups in total. The summed E-state index contributed by atoms with van der Waals surface area (Å²) in [6, 6.07) is 7.68. The van der Waals surface area contributed by atoms with E-state index in [2.05, 4.69) is 10.2 Å². The van der Waals surface area contributed by atoms with E-state index in [0.717, 1.165) is 37.5 Å². The molecule has 18 heavy (non-hydrogen) atoms. The van der Waals surface area contributed by atoms with Crippen LogP contribution < -0.4 is 5.32 Å². The van der Waals surface area contributed by atoms with Crippen LogP contribution in [0.15, 0.2) is 24.3 Å². The van der Waals surface area contributed by atoms with Gasteiger partial charge in [-0.25, -0.2) is 4.39 Å². The lowest BCUT2D eigenvalue weighted by atomic mass is 10.1. The highest BCUT2D eigenvalue weighted by Crippen LogP contribution is 2.33. The van der Waals surface area contributed by atoms with Crippen molar-refractivity contribution in [2.24, 2.45) is 5.92 Å². The third kappa shape index (κ3) is 3.09. The molecule has 0 bridgehead atoms. The Bertz CT molecular complexity index is 403. The van der Waals surface area contributed by atoms with Crippen LogP contribution in [0.1, 0.15) is 18.4 Å². The van der Waals surface area contributed by atoms with Crippen molar-refractivity contribution in [2.75, 3.05) is 26.2 Å². The summed E-state index contributed by atoms with van der Waals surface area (Å²) in [4.78, 5) is 2.52. The molecule has 1 saturated carbocycles. The molecular formula is C15H21FN2. The van der Waals surface area contributed by atoms with Gasteiger partial charge in [-0.1, -0.05) is 12.1 Å². The fourth-order valence-electron chi connectivity index (χ4n) is 2.84. The van der Waals surface area contributed by atoms with Crippen LogP contribution in [0.5, 0.6) is 0 Å². The highest BCUT2D eigenvalue weighted by molar-refractivity contribution is 5.16. The predicted octanol–water partition coefficient (Wildman–Crippen LogP) is 2.05. The number of halogens is 1. The van der Waals surface area contributed by atoms with Gasteiger partial charge in [-0.3, -0.25) is 0 Å². The number of nitrogens with zero attached hydrogens (tertiary/aromatic N) is 1. The molecule has 1 atom stereocenters. The summed E-state index contributed by atoms with van der Waals surface area (Å²) >= 11 is 0. The van der Waals surface area contributed by atoms with Crippen molar-refractivity contribution in [3.63, 3.8) is 0 Å². The van der Waals surface area contributed by atoms with E-state index in [1.165, 1.54) is 25.5 Å². The average molecular weight is 248 g/mol. The monoisotopic (exact) mass is 248 g/mol. The molecule has 98 valence electrons. The van der Waals surface area contributed by atoms with E-state index in [1.807, 2.05) is 6.07 Å². The van der Waals surface area contributed by atoms with Gasteiger partial charge in [0.2, 0.25) is 0 Å². The van der Waals surface area contributed by atoms with E-state index in [1.54, 1.807) is 12.1 Å². The second-order valence-corrected chi connectivity index (χ2v) is 5.58. The topological polar surface area (TPSA) is 15.3 Å². The fraction of sp³-hybridized carbons (Fsp3) is 0.600. The molecular weight excluding hydrogens is 227 g/mol. The zero-order valence-electron chi connectivity index (χ0n) is 10.7. The van der Waals surface area contributed by atoms with Crippen LogP contribution >= 0.6 is 0 Å².